The Kier molecular flexibility index (Phi) is 8.70. The Morgan fingerprint density at radius 1 is 0.897 bits per heavy atom. The Morgan fingerprint density at radius 3 is 2.44 bits per heavy atom. The molecule has 1 aliphatic rings. The lowest BCUT2D eigenvalue weighted by Crippen LogP contribution is -2.31. The predicted molar refractivity (Wildman–Crippen MR) is 156 cm³/mol. The fraction of sp³-hybridized carbons (Fsp3) is 0.241. The van der Waals surface area contributed by atoms with Crippen molar-refractivity contribution in [1.29, 1.82) is 0 Å². The van der Waals surface area contributed by atoms with Crippen LogP contribution in [0.4, 0.5) is 23.5 Å². The van der Waals surface area contributed by atoms with Crippen molar-refractivity contribution in [3.8, 4) is 11.5 Å². The Labute approximate surface area is 232 Å². The summed E-state index contributed by atoms with van der Waals surface area (Å²) < 4.78 is 11.5. The van der Waals surface area contributed by atoms with Crippen LogP contribution in [0.25, 0.3) is 0 Å². The van der Waals surface area contributed by atoms with E-state index in [1.807, 2.05) is 72.8 Å². The summed E-state index contributed by atoms with van der Waals surface area (Å²) in [5, 5.41) is 8.32. The van der Waals surface area contributed by atoms with Crippen LogP contribution in [0.3, 0.4) is 0 Å². The fourth-order valence-corrected chi connectivity index (χ4v) is 4.27. The van der Waals surface area contributed by atoms with Crippen LogP contribution in [0, 0.1) is 0 Å². The third kappa shape index (κ3) is 7.36. The monoisotopic (exact) mass is 543 g/mol. The topological polar surface area (TPSA) is 96.8 Å². The number of ether oxygens (including phenoxy) is 2. The number of hydrazone groups is 1. The fourth-order valence-electron chi connectivity index (χ4n) is 4.15. The van der Waals surface area contributed by atoms with E-state index >= 15 is 0 Å². The van der Waals surface area contributed by atoms with Crippen LogP contribution >= 0.6 is 11.6 Å². The molecule has 1 fully saturated rings. The second-order valence-electron chi connectivity index (χ2n) is 9.02. The van der Waals surface area contributed by atoms with Gasteiger partial charge in [-0.25, -0.2) is 5.43 Å². The number of nitrogens with one attached hydrogen (secondary N) is 2. The van der Waals surface area contributed by atoms with Gasteiger partial charge in [-0.05, 0) is 72.9 Å². The number of benzene rings is 3. The number of hydrogen-bond donors (Lipinski definition) is 2. The lowest BCUT2D eigenvalue weighted by molar-refractivity contribution is 0.284. The third-order valence-corrected chi connectivity index (χ3v) is 6.42. The molecule has 3 aromatic carbocycles. The van der Waals surface area contributed by atoms with E-state index in [-0.39, 0.29) is 0 Å². The molecular formula is C29H30ClN7O2. The summed E-state index contributed by atoms with van der Waals surface area (Å²) in [5.41, 5.74) is 5.69. The quantitative estimate of drug-likeness (QED) is 0.178. The van der Waals surface area contributed by atoms with E-state index in [9.17, 15) is 0 Å². The number of piperidine rings is 1. The van der Waals surface area contributed by atoms with Crippen molar-refractivity contribution < 1.29 is 9.47 Å². The lowest BCUT2D eigenvalue weighted by atomic mass is 10.1. The maximum atomic E-state index is 5.96. The highest BCUT2D eigenvalue weighted by molar-refractivity contribution is 6.30. The standard InChI is InChI=1S/C29H30ClN7O2/c1-38-26-18-22(12-15-25(26)39-20-21-10-13-23(30)14-11-21)19-31-36-28-33-27(32-24-8-4-2-5-9-24)34-29(35-28)37-16-6-3-7-17-37/h2,4-5,8-15,18-19H,3,6-7,16-17,20H2,1H3,(H2,32,33,34,35,36)/b31-19-. The van der Waals surface area contributed by atoms with Crippen LogP contribution in [0.1, 0.15) is 30.4 Å². The van der Waals surface area contributed by atoms with Crippen LogP contribution in [-0.4, -0.2) is 41.4 Å². The highest BCUT2D eigenvalue weighted by Gasteiger charge is 2.16. The molecule has 10 heteroatoms. The molecule has 0 bridgehead atoms. The molecule has 0 aliphatic carbocycles. The van der Waals surface area contributed by atoms with Gasteiger partial charge in [0.15, 0.2) is 11.5 Å². The molecule has 1 saturated heterocycles. The first-order valence-electron chi connectivity index (χ1n) is 12.8. The van der Waals surface area contributed by atoms with Gasteiger partial charge in [0.25, 0.3) is 0 Å². The number of hydrogen-bond acceptors (Lipinski definition) is 9. The van der Waals surface area contributed by atoms with Gasteiger partial charge in [-0.3, -0.25) is 0 Å². The van der Waals surface area contributed by atoms with E-state index in [4.69, 9.17) is 21.1 Å². The highest BCUT2D eigenvalue weighted by Crippen LogP contribution is 2.28. The minimum atomic E-state index is 0.357. The van der Waals surface area contributed by atoms with Crippen molar-refractivity contribution in [2.45, 2.75) is 25.9 Å². The summed E-state index contributed by atoms with van der Waals surface area (Å²) >= 11 is 5.96. The maximum Gasteiger partial charge on any atom is 0.250 e. The second-order valence-corrected chi connectivity index (χ2v) is 9.45. The molecule has 4 aromatic rings. The van der Waals surface area contributed by atoms with Gasteiger partial charge in [-0.1, -0.05) is 41.9 Å². The van der Waals surface area contributed by atoms with Gasteiger partial charge in [0.05, 0.1) is 13.3 Å². The summed E-state index contributed by atoms with van der Waals surface area (Å²) in [6, 6.07) is 23.0. The maximum absolute atomic E-state index is 5.96. The van der Waals surface area contributed by atoms with E-state index < -0.39 is 0 Å². The number of methoxy groups -OCH3 is 1. The van der Waals surface area contributed by atoms with Crippen molar-refractivity contribution in [1.82, 2.24) is 15.0 Å². The molecule has 0 atom stereocenters. The van der Waals surface area contributed by atoms with Crippen LogP contribution in [0.2, 0.25) is 5.02 Å². The van der Waals surface area contributed by atoms with Crippen molar-refractivity contribution in [3.63, 3.8) is 0 Å². The summed E-state index contributed by atoms with van der Waals surface area (Å²) in [6.45, 7) is 2.24. The van der Waals surface area contributed by atoms with Gasteiger partial charge >= 0.3 is 0 Å². The highest BCUT2D eigenvalue weighted by atomic mass is 35.5. The van der Waals surface area contributed by atoms with Gasteiger partial charge in [0.1, 0.15) is 6.61 Å². The number of aromatic nitrogens is 3. The molecule has 9 nitrogen and oxygen atoms in total. The summed E-state index contributed by atoms with van der Waals surface area (Å²) in [6.07, 6.45) is 5.14. The average molecular weight is 544 g/mol. The summed E-state index contributed by atoms with van der Waals surface area (Å²) in [4.78, 5) is 16.0. The zero-order chi connectivity index (χ0) is 26.9. The zero-order valence-electron chi connectivity index (χ0n) is 21.7. The first kappa shape index (κ1) is 26.2. The van der Waals surface area contributed by atoms with Crippen LogP contribution in [-0.2, 0) is 6.61 Å². The van der Waals surface area contributed by atoms with Crippen molar-refractivity contribution >= 4 is 41.3 Å². The molecule has 0 radical (unpaired) electrons. The molecule has 39 heavy (non-hydrogen) atoms. The van der Waals surface area contributed by atoms with E-state index in [0.29, 0.717) is 41.0 Å². The minimum Gasteiger partial charge on any atom is -0.493 e. The molecule has 2 N–H and O–H groups in total. The predicted octanol–water partition coefficient (Wildman–Crippen LogP) is 6.29. The van der Waals surface area contributed by atoms with Gasteiger partial charge in [-0.2, -0.15) is 20.1 Å². The first-order valence-corrected chi connectivity index (χ1v) is 13.2. The Hall–Kier alpha value is -4.37. The number of anilines is 4. The molecule has 200 valence electrons. The van der Waals surface area contributed by atoms with E-state index in [2.05, 4.69) is 35.7 Å². The number of halogens is 1. The molecule has 0 saturated carbocycles. The molecule has 0 amide bonds. The largest absolute Gasteiger partial charge is 0.493 e. The van der Waals surface area contributed by atoms with Crippen LogP contribution < -0.4 is 25.1 Å². The average Bonchev–Trinajstić information content (AvgIpc) is 2.98. The van der Waals surface area contributed by atoms with Crippen molar-refractivity contribution in [3.05, 3.63) is 88.9 Å². The molecular weight excluding hydrogens is 514 g/mol. The first-order chi connectivity index (χ1) is 19.2. The molecule has 1 aliphatic heterocycles. The van der Waals surface area contributed by atoms with E-state index in [1.165, 1.54) is 6.42 Å². The normalized spacial score (nSPS) is 13.3. The minimum absolute atomic E-state index is 0.357. The number of para-hydroxylation sites is 1. The summed E-state index contributed by atoms with van der Waals surface area (Å²) in [5.74, 6) is 2.69. The number of nitrogens with zero attached hydrogens (tertiary/aromatic N) is 5. The third-order valence-electron chi connectivity index (χ3n) is 6.17. The van der Waals surface area contributed by atoms with E-state index in [0.717, 1.165) is 42.7 Å². The van der Waals surface area contributed by atoms with Crippen LogP contribution in [0.15, 0.2) is 77.9 Å². The summed E-state index contributed by atoms with van der Waals surface area (Å²) in [7, 11) is 1.61. The number of rotatable bonds is 10. The zero-order valence-corrected chi connectivity index (χ0v) is 22.4. The molecule has 0 unspecified atom stereocenters. The van der Waals surface area contributed by atoms with Gasteiger partial charge < -0.3 is 19.7 Å². The van der Waals surface area contributed by atoms with Gasteiger partial charge in [0.2, 0.25) is 17.8 Å². The smallest absolute Gasteiger partial charge is 0.250 e. The van der Waals surface area contributed by atoms with Crippen molar-refractivity contribution in [2.24, 2.45) is 5.10 Å². The molecule has 2 heterocycles. The van der Waals surface area contributed by atoms with Gasteiger partial charge in [-0.15, -0.1) is 0 Å². The molecule has 5 rings (SSSR count). The van der Waals surface area contributed by atoms with E-state index in [1.54, 1.807) is 13.3 Å². The van der Waals surface area contributed by atoms with Gasteiger partial charge in [0, 0.05) is 23.8 Å². The lowest BCUT2D eigenvalue weighted by Gasteiger charge is -2.26. The van der Waals surface area contributed by atoms with Crippen LogP contribution in [0.5, 0.6) is 11.5 Å². The Morgan fingerprint density at radius 2 is 1.67 bits per heavy atom. The molecule has 1 aromatic heterocycles. The Balaban J connectivity index is 1.28. The van der Waals surface area contributed by atoms with Crippen molar-refractivity contribution in [2.75, 3.05) is 35.8 Å². The molecule has 0 spiro atoms. The SMILES string of the molecule is COc1cc(/C=N\Nc2nc(Nc3ccccc3)nc(N3CCCCC3)n2)ccc1OCc1ccc(Cl)cc1. The second kappa shape index (κ2) is 12.9. The Bertz CT molecular complexity index is 1390.